The lowest BCUT2D eigenvalue weighted by Gasteiger charge is -2.06. The molecule has 28 heavy (non-hydrogen) atoms. The number of aromatic nitrogens is 2. The van der Waals surface area contributed by atoms with Crippen molar-refractivity contribution in [2.45, 2.75) is 0 Å². The van der Waals surface area contributed by atoms with Crippen LogP contribution in [0.1, 0.15) is 11.1 Å². The Hall–Kier alpha value is -3.59. The predicted molar refractivity (Wildman–Crippen MR) is 112 cm³/mol. The first-order valence-electron chi connectivity index (χ1n) is 7.82. The third kappa shape index (κ3) is 4.38. The Kier molecular flexibility index (Phi) is 5.75. The molecule has 3 aromatic rings. The molecule has 2 N–H and O–H groups in total. The summed E-state index contributed by atoms with van der Waals surface area (Å²) in [6.07, 6.45) is 1.37. The minimum atomic E-state index is -0.598. The number of nitriles is 1. The first kappa shape index (κ1) is 19.2. The standard InChI is InChI=1S/C18H11IN6O3/c19-13-6-11(7-14(8-13)25(27)28)10-21-24-18-22-16(12-4-2-1-3-5-12)15(9-20)17(26)23-18/h1-8,10H,(H2,22,23,24,26). The Bertz CT molecular complexity index is 1170. The molecule has 0 saturated carbocycles. The van der Waals surface area contributed by atoms with Gasteiger partial charge in [-0.25, -0.2) is 10.4 Å². The van der Waals surface area contributed by atoms with Gasteiger partial charge in [-0.1, -0.05) is 30.3 Å². The van der Waals surface area contributed by atoms with Gasteiger partial charge in [0.25, 0.3) is 11.2 Å². The lowest BCUT2D eigenvalue weighted by Crippen LogP contribution is -2.16. The van der Waals surface area contributed by atoms with Gasteiger partial charge in [0.2, 0.25) is 5.95 Å². The summed E-state index contributed by atoms with van der Waals surface area (Å²) < 4.78 is 0.685. The number of hydrogen-bond donors (Lipinski definition) is 2. The summed E-state index contributed by atoms with van der Waals surface area (Å²) >= 11 is 1.97. The monoisotopic (exact) mass is 486 g/mol. The van der Waals surface area contributed by atoms with Crippen molar-refractivity contribution in [3.8, 4) is 17.3 Å². The zero-order valence-electron chi connectivity index (χ0n) is 14.1. The van der Waals surface area contributed by atoms with Gasteiger partial charge in [-0.15, -0.1) is 0 Å². The van der Waals surface area contributed by atoms with Crippen molar-refractivity contribution >= 4 is 40.4 Å². The minimum Gasteiger partial charge on any atom is -0.290 e. The molecule has 0 fully saturated rings. The van der Waals surface area contributed by atoms with Crippen LogP contribution in [0.3, 0.4) is 0 Å². The second-order valence-corrected chi connectivity index (χ2v) is 6.73. The van der Waals surface area contributed by atoms with Gasteiger partial charge in [0.05, 0.1) is 16.8 Å². The average molecular weight is 486 g/mol. The van der Waals surface area contributed by atoms with Crippen LogP contribution >= 0.6 is 22.6 Å². The fourth-order valence-electron chi connectivity index (χ4n) is 2.38. The number of hydrazone groups is 1. The number of H-pyrrole nitrogens is 1. The molecule has 0 radical (unpaired) electrons. The third-order valence-electron chi connectivity index (χ3n) is 3.58. The van der Waals surface area contributed by atoms with Crippen molar-refractivity contribution in [2.24, 2.45) is 5.10 Å². The lowest BCUT2D eigenvalue weighted by atomic mass is 10.1. The van der Waals surface area contributed by atoms with Gasteiger partial charge in [0, 0.05) is 26.8 Å². The van der Waals surface area contributed by atoms with Crippen molar-refractivity contribution in [1.29, 1.82) is 5.26 Å². The summed E-state index contributed by atoms with van der Waals surface area (Å²) in [7, 11) is 0. The number of benzene rings is 2. The third-order valence-corrected chi connectivity index (χ3v) is 4.20. The van der Waals surface area contributed by atoms with Gasteiger partial charge in [0.15, 0.2) is 0 Å². The Morgan fingerprint density at radius 2 is 2.04 bits per heavy atom. The van der Waals surface area contributed by atoms with Gasteiger partial charge in [-0.3, -0.25) is 19.9 Å². The second-order valence-electron chi connectivity index (χ2n) is 5.49. The first-order valence-corrected chi connectivity index (χ1v) is 8.89. The number of anilines is 1. The molecule has 0 aliphatic rings. The maximum Gasteiger partial charge on any atom is 0.271 e. The van der Waals surface area contributed by atoms with E-state index in [1.807, 2.05) is 34.7 Å². The van der Waals surface area contributed by atoms with E-state index < -0.39 is 10.5 Å². The van der Waals surface area contributed by atoms with Crippen LogP contribution in [0.2, 0.25) is 0 Å². The van der Waals surface area contributed by atoms with Gasteiger partial charge in [0.1, 0.15) is 11.6 Å². The number of rotatable bonds is 5. The van der Waals surface area contributed by atoms with E-state index in [2.05, 4.69) is 20.5 Å². The predicted octanol–water partition coefficient (Wildman–Crippen LogP) is 3.27. The van der Waals surface area contributed by atoms with E-state index in [0.717, 1.165) is 0 Å². The zero-order chi connectivity index (χ0) is 20.1. The molecule has 0 unspecified atom stereocenters. The number of aromatic amines is 1. The van der Waals surface area contributed by atoms with E-state index in [9.17, 15) is 20.2 Å². The highest BCUT2D eigenvalue weighted by molar-refractivity contribution is 14.1. The second kappa shape index (κ2) is 8.40. The molecule has 138 valence electrons. The number of nitro benzene ring substituents is 1. The Labute approximate surface area is 172 Å². The van der Waals surface area contributed by atoms with Crippen LogP contribution in [0.5, 0.6) is 0 Å². The molecule has 0 aliphatic heterocycles. The van der Waals surface area contributed by atoms with Crippen LogP contribution in [-0.4, -0.2) is 21.1 Å². The molecule has 1 aromatic heterocycles. The molecule has 0 spiro atoms. The quantitative estimate of drug-likeness (QED) is 0.246. The van der Waals surface area contributed by atoms with Crippen molar-refractivity contribution in [1.82, 2.24) is 9.97 Å². The summed E-state index contributed by atoms with van der Waals surface area (Å²) in [5.41, 5.74) is 3.18. The van der Waals surface area contributed by atoms with E-state index in [0.29, 0.717) is 14.7 Å². The Balaban J connectivity index is 1.91. The van der Waals surface area contributed by atoms with E-state index in [1.54, 1.807) is 30.3 Å². The molecular weight excluding hydrogens is 475 g/mol. The van der Waals surface area contributed by atoms with Crippen molar-refractivity contribution in [2.75, 3.05) is 5.43 Å². The molecule has 3 rings (SSSR count). The Morgan fingerprint density at radius 3 is 2.71 bits per heavy atom. The topological polar surface area (TPSA) is 137 Å². The maximum atomic E-state index is 12.2. The molecule has 2 aromatic carbocycles. The molecule has 0 bridgehead atoms. The molecule has 10 heteroatoms. The molecular formula is C18H11IN6O3. The van der Waals surface area contributed by atoms with Gasteiger partial charge in [-0.05, 0) is 28.7 Å². The summed E-state index contributed by atoms with van der Waals surface area (Å²) in [5, 5.41) is 24.2. The minimum absolute atomic E-state index is 0.0410. The number of halogens is 1. The van der Waals surface area contributed by atoms with Gasteiger partial charge in [-0.2, -0.15) is 10.4 Å². The van der Waals surface area contributed by atoms with Gasteiger partial charge < -0.3 is 0 Å². The fourth-order valence-corrected chi connectivity index (χ4v) is 3.06. The average Bonchev–Trinajstić information content (AvgIpc) is 2.68. The molecule has 0 aliphatic carbocycles. The maximum absolute atomic E-state index is 12.2. The highest BCUT2D eigenvalue weighted by Gasteiger charge is 2.13. The van der Waals surface area contributed by atoms with Crippen LogP contribution in [-0.2, 0) is 0 Å². The van der Waals surface area contributed by atoms with E-state index in [4.69, 9.17) is 0 Å². The van der Waals surface area contributed by atoms with Crippen LogP contribution in [0.15, 0.2) is 58.4 Å². The molecule has 0 amide bonds. The summed E-state index contributed by atoms with van der Waals surface area (Å²) in [6, 6.07) is 15.2. The van der Waals surface area contributed by atoms with Crippen LogP contribution in [0, 0.1) is 25.0 Å². The lowest BCUT2D eigenvalue weighted by molar-refractivity contribution is -0.384. The largest absolute Gasteiger partial charge is 0.290 e. The highest BCUT2D eigenvalue weighted by Crippen LogP contribution is 2.20. The van der Waals surface area contributed by atoms with Crippen LogP contribution in [0.4, 0.5) is 11.6 Å². The van der Waals surface area contributed by atoms with Crippen LogP contribution in [0.25, 0.3) is 11.3 Å². The summed E-state index contributed by atoms with van der Waals surface area (Å²) in [4.78, 5) is 29.3. The van der Waals surface area contributed by atoms with Crippen molar-refractivity contribution < 1.29 is 4.92 Å². The number of nitrogens with one attached hydrogen (secondary N) is 2. The first-order chi connectivity index (χ1) is 13.5. The number of hydrogen-bond acceptors (Lipinski definition) is 7. The zero-order valence-corrected chi connectivity index (χ0v) is 16.2. The highest BCUT2D eigenvalue weighted by atomic mass is 127. The molecule has 0 saturated heterocycles. The van der Waals surface area contributed by atoms with Crippen molar-refractivity contribution in [3.63, 3.8) is 0 Å². The van der Waals surface area contributed by atoms with E-state index in [1.165, 1.54) is 18.3 Å². The Morgan fingerprint density at radius 1 is 1.29 bits per heavy atom. The van der Waals surface area contributed by atoms with E-state index >= 15 is 0 Å². The van der Waals surface area contributed by atoms with Crippen molar-refractivity contribution in [3.05, 3.63) is 83.7 Å². The molecule has 0 atom stereocenters. The molecule has 9 nitrogen and oxygen atoms in total. The summed E-state index contributed by atoms with van der Waals surface area (Å²) in [5.74, 6) is 0.0410. The smallest absolute Gasteiger partial charge is 0.271 e. The van der Waals surface area contributed by atoms with Crippen LogP contribution < -0.4 is 11.0 Å². The summed E-state index contributed by atoms with van der Waals surface area (Å²) in [6.45, 7) is 0. The number of nitro groups is 1. The van der Waals surface area contributed by atoms with Gasteiger partial charge >= 0.3 is 0 Å². The number of non-ortho nitro benzene ring substituents is 1. The number of nitrogens with zero attached hydrogens (tertiary/aromatic N) is 4. The SMILES string of the molecule is N#Cc1c(-c2ccccc2)nc(NN=Cc2cc(I)cc([N+](=O)[O-])c2)[nH]c1=O. The molecule has 1 heterocycles. The fraction of sp³-hybridized carbons (Fsp3) is 0. The normalized spacial score (nSPS) is 10.6. The van der Waals surface area contributed by atoms with E-state index in [-0.39, 0.29) is 22.9 Å².